The molecule has 0 saturated carbocycles. The predicted octanol–water partition coefficient (Wildman–Crippen LogP) is 3.04. The van der Waals surface area contributed by atoms with Gasteiger partial charge in [-0.2, -0.15) is 0 Å². The molecule has 0 spiro atoms. The normalized spacial score (nSPS) is 15.9. The summed E-state index contributed by atoms with van der Waals surface area (Å²) in [6.07, 6.45) is 1.41. The van der Waals surface area contributed by atoms with Crippen molar-refractivity contribution in [2.24, 2.45) is 5.92 Å². The van der Waals surface area contributed by atoms with Crippen molar-refractivity contribution in [3.05, 3.63) is 33.3 Å². The van der Waals surface area contributed by atoms with E-state index in [2.05, 4.69) is 15.9 Å². The van der Waals surface area contributed by atoms with E-state index in [1.165, 1.54) is 0 Å². The molecule has 0 N–H and O–H groups in total. The van der Waals surface area contributed by atoms with Crippen molar-refractivity contribution in [3.8, 4) is 0 Å². The molecule has 1 aromatic rings. The number of hydrogen-bond donors (Lipinski definition) is 0. The van der Waals surface area contributed by atoms with Gasteiger partial charge in [0.25, 0.3) is 5.91 Å². The highest BCUT2D eigenvalue weighted by Crippen LogP contribution is 2.25. The average Bonchev–Trinajstić information content (AvgIpc) is 2.46. The molecule has 4 nitrogen and oxygen atoms in total. The predicted molar refractivity (Wildman–Crippen MR) is 86.5 cm³/mol. The topological polar surface area (TPSA) is 40.6 Å². The van der Waals surface area contributed by atoms with E-state index < -0.39 is 0 Å². The Labute approximate surface area is 138 Å². The Kier molecular flexibility index (Phi) is 5.27. The van der Waals surface area contributed by atoms with Gasteiger partial charge in [0.15, 0.2) is 0 Å². The van der Waals surface area contributed by atoms with Crippen molar-refractivity contribution in [1.82, 2.24) is 9.80 Å². The summed E-state index contributed by atoms with van der Waals surface area (Å²) in [5, 5.41) is 0.445. The van der Waals surface area contributed by atoms with Crippen LogP contribution in [-0.2, 0) is 4.79 Å². The van der Waals surface area contributed by atoms with Crippen LogP contribution in [0.2, 0.25) is 5.02 Å². The lowest BCUT2D eigenvalue weighted by atomic mass is 9.95. The Morgan fingerprint density at radius 2 is 1.90 bits per heavy atom. The molecule has 2 amide bonds. The van der Waals surface area contributed by atoms with E-state index in [1.807, 2.05) is 0 Å². The molecule has 0 bridgehead atoms. The summed E-state index contributed by atoms with van der Waals surface area (Å²) in [5.41, 5.74) is 0.511. The second-order valence-corrected chi connectivity index (χ2v) is 6.75. The smallest absolute Gasteiger partial charge is 0.255 e. The summed E-state index contributed by atoms with van der Waals surface area (Å²) in [7, 11) is 3.53. The summed E-state index contributed by atoms with van der Waals surface area (Å²) < 4.78 is 0.847. The van der Waals surface area contributed by atoms with Crippen molar-refractivity contribution < 1.29 is 9.59 Å². The van der Waals surface area contributed by atoms with Crippen LogP contribution < -0.4 is 0 Å². The molecular weight excluding hydrogens is 356 g/mol. The highest BCUT2D eigenvalue weighted by Gasteiger charge is 2.29. The lowest BCUT2D eigenvalue weighted by Gasteiger charge is -2.32. The van der Waals surface area contributed by atoms with Crippen molar-refractivity contribution in [3.63, 3.8) is 0 Å². The molecule has 0 atom stereocenters. The summed E-state index contributed by atoms with van der Waals surface area (Å²) in [6.45, 7) is 1.19. The molecule has 21 heavy (non-hydrogen) atoms. The third kappa shape index (κ3) is 3.77. The van der Waals surface area contributed by atoms with Gasteiger partial charge in [-0.05, 0) is 31.0 Å². The van der Waals surface area contributed by atoms with Gasteiger partial charge in [-0.1, -0.05) is 27.5 Å². The zero-order valence-electron chi connectivity index (χ0n) is 12.1. The summed E-state index contributed by atoms with van der Waals surface area (Å²) in [6, 6.07) is 5.25. The number of amides is 2. The van der Waals surface area contributed by atoms with Gasteiger partial charge in [0.1, 0.15) is 0 Å². The maximum atomic E-state index is 12.5. The molecule has 1 aromatic carbocycles. The minimum Gasteiger partial charge on any atom is -0.349 e. The van der Waals surface area contributed by atoms with Crippen LogP contribution >= 0.6 is 27.5 Å². The Morgan fingerprint density at radius 3 is 2.43 bits per heavy atom. The van der Waals surface area contributed by atoms with Crippen LogP contribution in [0.5, 0.6) is 0 Å². The molecule has 114 valence electrons. The first-order valence-electron chi connectivity index (χ1n) is 6.85. The summed E-state index contributed by atoms with van der Waals surface area (Å²) >= 11 is 9.45. The fraction of sp³-hybridized carbons (Fsp3) is 0.467. The second kappa shape index (κ2) is 6.79. The number of rotatable bonds is 2. The number of halogens is 2. The van der Waals surface area contributed by atoms with Gasteiger partial charge in [-0.3, -0.25) is 9.59 Å². The van der Waals surface area contributed by atoms with Crippen LogP contribution in [0.1, 0.15) is 23.2 Å². The van der Waals surface area contributed by atoms with Crippen LogP contribution in [-0.4, -0.2) is 48.8 Å². The lowest BCUT2D eigenvalue weighted by molar-refractivity contribution is -0.134. The van der Waals surface area contributed by atoms with Gasteiger partial charge >= 0.3 is 0 Å². The van der Waals surface area contributed by atoms with Crippen LogP contribution in [0.3, 0.4) is 0 Å². The maximum absolute atomic E-state index is 12.5. The molecular formula is C15H18BrClN2O2. The maximum Gasteiger partial charge on any atom is 0.255 e. The van der Waals surface area contributed by atoms with Gasteiger partial charge in [-0.15, -0.1) is 0 Å². The molecule has 0 radical (unpaired) electrons. The number of likely N-dealkylation sites (tertiary alicyclic amines) is 1. The van der Waals surface area contributed by atoms with E-state index in [1.54, 1.807) is 42.1 Å². The van der Waals surface area contributed by atoms with Gasteiger partial charge in [0.2, 0.25) is 5.91 Å². The second-order valence-electron chi connectivity index (χ2n) is 5.42. The van der Waals surface area contributed by atoms with Gasteiger partial charge in [-0.25, -0.2) is 0 Å². The number of carbonyl (C=O) groups excluding carboxylic acids is 2. The number of benzene rings is 1. The highest BCUT2D eigenvalue weighted by molar-refractivity contribution is 9.10. The highest BCUT2D eigenvalue weighted by atomic mass is 79.9. The van der Waals surface area contributed by atoms with E-state index in [9.17, 15) is 9.59 Å². The van der Waals surface area contributed by atoms with E-state index in [4.69, 9.17) is 11.6 Å². The molecule has 1 heterocycles. The number of hydrogen-bond acceptors (Lipinski definition) is 2. The first-order valence-corrected chi connectivity index (χ1v) is 8.02. The van der Waals surface area contributed by atoms with E-state index in [0.29, 0.717) is 36.5 Å². The lowest BCUT2D eigenvalue weighted by Crippen LogP contribution is -2.42. The third-order valence-electron chi connectivity index (χ3n) is 3.73. The molecule has 0 aromatic heterocycles. The van der Waals surface area contributed by atoms with E-state index in [-0.39, 0.29) is 17.7 Å². The van der Waals surface area contributed by atoms with Crippen LogP contribution in [0, 0.1) is 5.92 Å². The third-order valence-corrected chi connectivity index (χ3v) is 4.54. The molecule has 1 fully saturated rings. The van der Waals surface area contributed by atoms with E-state index in [0.717, 1.165) is 4.47 Å². The zero-order valence-corrected chi connectivity index (χ0v) is 14.4. The molecule has 1 aliphatic rings. The monoisotopic (exact) mass is 372 g/mol. The molecule has 2 rings (SSSR count). The Bertz CT molecular complexity index is 555. The minimum absolute atomic E-state index is 0.0180. The molecule has 0 aliphatic carbocycles. The molecule has 1 aliphatic heterocycles. The first kappa shape index (κ1) is 16.3. The van der Waals surface area contributed by atoms with Gasteiger partial charge in [0.05, 0.1) is 10.6 Å². The average molecular weight is 374 g/mol. The van der Waals surface area contributed by atoms with Crippen molar-refractivity contribution in [2.75, 3.05) is 27.2 Å². The summed E-state index contributed by atoms with van der Waals surface area (Å²) in [4.78, 5) is 27.8. The largest absolute Gasteiger partial charge is 0.349 e. The molecule has 6 heteroatoms. The zero-order chi connectivity index (χ0) is 15.6. The SMILES string of the molecule is CN(C)C(=O)C1CCN(C(=O)c2ccc(Br)cc2Cl)CC1. The van der Waals surface area contributed by atoms with Crippen molar-refractivity contribution in [2.45, 2.75) is 12.8 Å². The van der Waals surface area contributed by atoms with Crippen molar-refractivity contribution >= 4 is 39.3 Å². The minimum atomic E-state index is -0.0664. The number of piperidine rings is 1. The molecule has 0 unspecified atom stereocenters. The van der Waals surface area contributed by atoms with Crippen LogP contribution in [0.25, 0.3) is 0 Å². The standard InChI is InChI=1S/C15H18BrClN2O2/c1-18(2)14(20)10-5-7-19(8-6-10)15(21)12-4-3-11(16)9-13(12)17/h3-4,9-10H,5-8H2,1-2H3. The van der Waals surface area contributed by atoms with Gasteiger partial charge in [0, 0.05) is 37.6 Å². The number of carbonyl (C=O) groups is 2. The quantitative estimate of drug-likeness (QED) is 0.799. The Balaban J connectivity index is 2.02. The fourth-order valence-corrected chi connectivity index (χ4v) is 3.28. The molecule has 1 saturated heterocycles. The van der Waals surface area contributed by atoms with Gasteiger partial charge < -0.3 is 9.80 Å². The fourth-order valence-electron chi connectivity index (χ4n) is 2.53. The number of nitrogens with zero attached hydrogens (tertiary/aromatic N) is 2. The Morgan fingerprint density at radius 1 is 1.29 bits per heavy atom. The first-order chi connectivity index (χ1) is 9.90. The van der Waals surface area contributed by atoms with Crippen LogP contribution in [0.4, 0.5) is 0 Å². The van der Waals surface area contributed by atoms with Crippen molar-refractivity contribution in [1.29, 1.82) is 0 Å². The Hall–Kier alpha value is -1.07. The summed E-state index contributed by atoms with van der Waals surface area (Å²) in [5.74, 6) is 0.0939. The van der Waals surface area contributed by atoms with E-state index >= 15 is 0 Å². The van der Waals surface area contributed by atoms with Crippen LogP contribution in [0.15, 0.2) is 22.7 Å².